The number of hydrogen-bond donors (Lipinski definition) is 3. The van der Waals surface area contributed by atoms with E-state index in [0.29, 0.717) is 18.9 Å². The zero-order valence-corrected chi connectivity index (χ0v) is 11.9. The van der Waals surface area contributed by atoms with Gasteiger partial charge in [0, 0.05) is 13.0 Å². The van der Waals surface area contributed by atoms with Gasteiger partial charge in [-0.25, -0.2) is 0 Å². The highest BCUT2D eigenvalue weighted by atomic mass is 16.3. The molecular formula is C15H28N2O2. The number of rotatable bonds is 5. The zero-order chi connectivity index (χ0) is 13.6. The van der Waals surface area contributed by atoms with Crippen molar-refractivity contribution in [2.24, 2.45) is 5.92 Å². The first-order valence-corrected chi connectivity index (χ1v) is 7.88. The number of amides is 1. The predicted molar refractivity (Wildman–Crippen MR) is 75.9 cm³/mol. The van der Waals surface area contributed by atoms with Gasteiger partial charge in [-0.3, -0.25) is 4.79 Å². The molecule has 0 aromatic carbocycles. The van der Waals surface area contributed by atoms with E-state index in [-0.39, 0.29) is 5.91 Å². The summed E-state index contributed by atoms with van der Waals surface area (Å²) in [5.74, 6) is 0.808. The van der Waals surface area contributed by atoms with Crippen molar-refractivity contribution in [2.45, 2.75) is 63.4 Å². The summed E-state index contributed by atoms with van der Waals surface area (Å²) in [7, 11) is 0. The second-order valence-electron chi connectivity index (χ2n) is 6.29. The Bertz CT molecular complexity index is 282. The van der Waals surface area contributed by atoms with Gasteiger partial charge >= 0.3 is 0 Å². The molecule has 2 rings (SSSR count). The van der Waals surface area contributed by atoms with Gasteiger partial charge in [-0.2, -0.15) is 0 Å². The molecule has 0 bridgehead atoms. The summed E-state index contributed by atoms with van der Waals surface area (Å²) in [6, 6.07) is 0. The van der Waals surface area contributed by atoms with Crippen molar-refractivity contribution in [3.05, 3.63) is 0 Å². The van der Waals surface area contributed by atoms with Crippen molar-refractivity contribution in [1.82, 2.24) is 10.6 Å². The molecule has 1 heterocycles. The Morgan fingerprint density at radius 3 is 2.58 bits per heavy atom. The fraction of sp³-hybridized carbons (Fsp3) is 0.933. The summed E-state index contributed by atoms with van der Waals surface area (Å²) in [5, 5.41) is 16.6. The summed E-state index contributed by atoms with van der Waals surface area (Å²) in [6.45, 7) is 2.62. The molecule has 0 spiro atoms. The van der Waals surface area contributed by atoms with Crippen LogP contribution in [0, 0.1) is 5.92 Å². The molecule has 0 aromatic rings. The van der Waals surface area contributed by atoms with Crippen LogP contribution in [0.2, 0.25) is 0 Å². The third-order valence-electron chi connectivity index (χ3n) is 4.64. The molecule has 1 saturated carbocycles. The first-order valence-electron chi connectivity index (χ1n) is 7.88. The number of carbonyl (C=O) groups excluding carboxylic acids is 1. The Morgan fingerprint density at radius 2 is 1.89 bits per heavy atom. The van der Waals surface area contributed by atoms with Gasteiger partial charge in [0.25, 0.3) is 0 Å². The molecule has 19 heavy (non-hydrogen) atoms. The fourth-order valence-corrected chi connectivity index (χ4v) is 3.24. The second kappa shape index (κ2) is 7.25. The van der Waals surface area contributed by atoms with Crippen LogP contribution in [0.1, 0.15) is 57.8 Å². The van der Waals surface area contributed by atoms with Crippen LogP contribution in [0.3, 0.4) is 0 Å². The van der Waals surface area contributed by atoms with Gasteiger partial charge in [0.1, 0.15) is 0 Å². The Balaban J connectivity index is 1.61. The average Bonchev–Trinajstić information content (AvgIpc) is 2.45. The van der Waals surface area contributed by atoms with Gasteiger partial charge in [-0.15, -0.1) is 0 Å². The minimum absolute atomic E-state index is 0.109. The molecule has 1 saturated heterocycles. The first kappa shape index (κ1) is 14.8. The topological polar surface area (TPSA) is 61.4 Å². The van der Waals surface area contributed by atoms with E-state index in [2.05, 4.69) is 10.6 Å². The largest absolute Gasteiger partial charge is 0.388 e. The van der Waals surface area contributed by atoms with E-state index in [4.69, 9.17) is 0 Å². The predicted octanol–water partition coefficient (Wildman–Crippen LogP) is 1.58. The third kappa shape index (κ3) is 5.11. The molecule has 2 aliphatic rings. The summed E-state index contributed by atoms with van der Waals surface area (Å²) in [4.78, 5) is 11.8. The van der Waals surface area contributed by atoms with Crippen molar-refractivity contribution in [2.75, 3.05) is 19.6 Å². The van der Waals surface area contributed by atoms with Crippen LogP contribution in [0.25, 0.3) is 0 Å². The van der Waals surface area contributed by atoms with Crippen LogP contribution in [0.15, 0.2) is 0 Å². The molecule has 0 radical (unpaired) electrons. The van der Waals surface area contributed by atoms with Gasteiger partial charge in [-0.1, -0.05) is 19.3 Å². The molecule has 1 aliphatic carbocycles. The number of piperidine rings is 1. The quantitative estimate of drug-likeness (QED) is 0.709. The van der Waals surface area contributed by atoms with E-state index in [9.17, 15) is 9.90 Å². The molecule has 0 unspecified atom stereocenters. The Morgan fingerprint density at radius 1 is 1.21 bits per heavy atom. The van der Waals surface area contributed by atoms with Crippen LogP contribution >= 0.6 is 0 Å². The van der Waals surface area contributed by atoms with E-state index in [1.54, 1.807) is 0 Å². The monoisotopic (exact) mass is 268 g/mol. The molecule has 4 nitrogen and oxygen atoms in total. The van der Waals surface area contributed by atoms with Gasteiger partial charge in [0.2, 0.25) is 5.91 Å². The van der Waals surface area contributed by atoms with Gasteiger partial charge in [0.05, 0.1) is 5.60 Å². The zero-order valence-electron chi connectivity index (χ0n) is 11.9. The number of nitrogens with one attached hydrogen (secondary N) is 2. The molecule has 0 atom stereocenters. The fourth-order valence-electron chi connectivity index (χ4n) is 3.24. The molecule has 2 fully saturated rings. The minimum atomic E-state index is -0.636. The second-order valence-corrected chi connectivity index (χ2v) is 6.29. The number of carbonyl (C=O) groups is 1. The van der Waals surface area contributed by atoms with Crippen molar-refractivity contribution in [1.29, 1.82) is 0 Å². The smallest absolute Gasteiger partial charge is 0.220 e. The minimum Gasteiger partial charge on any atom is -0.388 e. The molecule has 1 amide bonds. The van der Waals surface area contributed by atoms with Crippen LogP contribution < -0.4 is 10.6 Å². The maximum Gasteiger partial charge on any atom is 0.220 e. The SMILES string of the molecule is O=C(CCC1CCNCC1)NCC1(O)CCCCC1. The summed E-state index contributed by atoms with van der Waals surface area (Å²) < 4.78 is 0. The lowest BCUT2D eigenvalue weighted by Gasteiger charge is -2.32. The lowest BCUT2D eigenvalue weighted by molar-refractivity contribution is -0.123. The van der Waals surface area contributed by atoms with Crippen LogP contribution in [-0.2, 0) is 4.79 Å². The normalized spacial score (nSPS) is 24.1. The van der Waals surface area contributed by atoms with E-state index in [0.717, 1.165) is 45.2 Å². The molecule has 110 valence electrons. The summed E-state index contributed by atoms with van der Waals surface area (Å²) in [5.41, 5.74) is -0.636. The van der Waals surface area contributed by atoms with Crippen LogP contribution in [0.5, 0.6) is 0 Å². The van der Waals surface area contributed by atoms with E-state index in [1.807, 2.05) is 0 Å². The van der Waals surface area contributed by atoms with Crippen molar-refractivity contribution in [3.63, 3.8) is 0 Å². The Kier molecular flexibility index (Phi) is 5.64. The van der Waals surface area contributed by atoms with Crippen LogP contribution in [0.4, 0.5) is 0 Å². The van der Waals surface area contributed by atoms with Crippen molar-refractivity contribution >= 4 is 5.91 Å². The van der Waals surface area contributed by atoms with Gasteiger partial charge in [0.15, 0.2) is 0 Å². The van der Waals surface area contributed by atoms with Crippen molar-refractivity contribution < 1.29 is 9.90 Å². The standard InChI is InChI=1S/C15H28N2O2/c18-14(5-4-13-6-10-16-11-7-13)17-12-15(19)8-2-1-3-9-15/h13,16,19H,1-12H2,(H,17,18). The summed E-state index contributed by atoms with van der Waals surface area (Å²) in [6.07, 6.45) is 9.04. The van der Waals surface area contributed by atoms with Crippen LogP contribution in [-0.4, -0.2) is 36.2 Å². The maximum absolute atomic E-state index is 11.8. The van der Waals surface area contributed by atoms with Gasteiger partial charge < -0.3 is 15.7 Å². The molecule has 4 heteroatoms. The Hall–Kier alpha value is -0.610. The number of aliphatic hydroxyl groups is 1. The lowest BCUT2D eigenvalue weighted by Crippen LogP contribution is -2.44. The summed E-state index contributed by atoms with van der Waals surface area (Å²) >= 11 is 0. The number of hydrogen-bond acceptors (Lipinski definition) is 3. The first-order chi connectivity index (χ1) is 9.18. The molecular weight excluding hydrogens is 240 g/mol. The maximum atomic E-state index is 11.8. The Labute approximate surface area is 116 Å². The highest BCUT2D eigenvalue weighted by molar-refractivity contribution is 5.75. The van der Waals surface area contributed by atoms with E-state index >= 15 is 0 Å². The lowest BCUT2D eigenvalue weighted by atomic mass is 9.85. The average molecular weight is 268 g/mol. The van der Waals surface area contributed by atoms with Crippen molar-refractivity contribution in [3.8, 4) is 0 Å². The van der Waals surface area contributed by atoms with Gasteiger partial charge in [-0.05, 0) is 51.1 Å². The van der Waals surface area contributed by atoms with E-state index < -0.39 is 5.60 Å². The third-order valence-corrected chi connectivity index (χ3v) is 4.64. The molecule has 0 aromatic heterocycles. The highest BCUT2D eigenvalue weighted by Gasteiger charge is 2.29. The molecule has 3 N–H and O–H groups in total. The highest BCUT2D eigenvalue weighted by Crippen LogP contribution is 2.27. The van der Waals surface area contributed by atoms with E-state index in [1.165, 1.54) is 19.3 Å². The molecule has 1 aliphatic heterocycles.